The Labute approximate surface area is 260 Å². The molecule has 15 heteroatoms. The average Bonchev–Trinajstić information content (AvgIpc) is 3.10. The number of aliphatic imine (C=N–C) groups is 1. The summed E-state index contributed by atoms with van der Waals surface area (Å²) in [6.07, 6.45) is -0.182. The van der Waals surface area contributed by atoms with Crippen molar-refractivity contribution in [3.63, 3.8) is 0 Å². The first-order valence-corrected chi connectivity index (χ1v) is 14.1. The van der Waals surface area contributed by atoms with Gasteiger partial charge in [-0.3, -0.25) is 35.1 Å². The number of methoxy groups -OCH3 is 1. The van der Waals surface area contributed by atoms with Crippen LogP contribution in [0.25, 0.3) is 0 Å². The molecule has 0 spiro atoms. The van der Waals surface area contributed by atoms with E-state index in [2.05, 4.69) is 26.6 Å². The summed E-state index contributed by atoms with van der Waals surface area (Å²) in [6.45, 7) is 3.33. The van der Waals surface area contributed by atoms with Gasteiger partial charge in [-0.2, -0.15) is 0 Å². The molecule has 14 nitrogen and oxygen atoms in total. The molecular formula is C29H36ClN9O5. The van der Waals surface area contributed by atoms with Crippen LogP contribution >= 0.6 is 11.6 Å². The van der Waals surface area contributed by atoms with E-state index in [1.165, 1.54) is 11.8 Å². The van der Waals surface area contributed by atoms with E-state index in [1.54, 1.807) is 56.5 Å². The monoisotopic (exact) mass is 625 g/mol. The molecule has 44 heavy (non-hydrogen) atoms. The molecule has 2 aromatic rings. The molecule has 7 N–H and O–H groups in total. The van der Waals surface area contributed by atoms with Crippen molar-refractivity contribution in [3.05, 3.63) is 58.6 Å². The quantitative estimate of drug-likeness (QED) is 0.106. The van der Waals surface area contributed by atoms with E-state index >= 15 is 0 Å². The van der Waals surface area contributed by atoms with E-state index in [9.17, 15) is 19.2 Å². The fourth-order valence-electron chi connectivity index (χ4n) is 4.29. The van der Waals surface area contributed by atoms with Gasteiger partial charge in [-0.15, -0.1) is 0 Å². The molecule has 1 aliphatic rings. The van der Waals surface area contributed by atoms with Gasteiger partial charge in [-0.05, 0) is 37.3 Å². The number of fused-ring (bicyclic) bond motifs is 1. The highest BCUT2D eigenvalue weighted by Gasteiger charge is 2.32. The number of anilines is 1. The minimum atomic E-state index is -0.928. The molecule has 1 heterocycles. The van der Waals surface area contributed by atoms with E-state index in [4.69, 9.17) is 32.1 Å². The predicted octanol–water partition coefficient (Wildman–Crippen LogP) is 1.41. The smallest absolute Gasteiger partial charge is 0.315 e. The number of ether oxygens (including phenoxy) is 1. The highest BCUT2D eigenvalue weighted by Crippen LogP contribution is 2.33. The molecule has 0 bridgehead atoms. The highest BCUT2D eigenvalue weighted by atomic mass is 35.5. The SMILES string of the molecule is COc1ccc2c(c1)C(c1ccc(Cl)cc1)=NC(CC(=O)NCCNC(=O)CNC(=O)NCCNC(C)=O)C(=N)N2C(C)=N. The predicted molar refractivity (Wildman–Crippen MR) is 168 cm³/mol. The summed E-state index contributed by atoms with van der Waals surface area (Å²) in [4.78, 5) is 53.8. The third-order valence-corrected chi connectivity index (χ3v) is 6.59. The number of carbonyl (C=O) groups is 4. The Morgan fingerprint density at radius 3 is 2.18 bits per heavy atom. The second-order valence-electron chi connectivity index (χ2n) is 9.69. The molecule has 5 amide bonds. The number of nitrogens with one attached hydrogen (secondary N) is 7. The maximum absolute atomic E-state index is 12.9. The van der Waals surface area contributed by atoms with Gasteiger partial charge in [0, 0.05) is 49.3 Å². The molecule has 1 atom stereocenters. The molecule has 0 saturated heterocycles. The Hall–Kier alpha value is -4.98. The van der Waals surface area contributed by atoms with Crippen molar-refractivity contribution in [1.29, 1.82) is 10.8 Å². The maximum Gasteiger partial charge on any atom is 0.315 e. The minimum Gasteiger partial charge on any atom is -0.497 e. The van der Waals surface area contributed by atoms with Crippen molar-refractivity contribution >= 4 is 58.4 Å². The fourth-order valence-corrected chi connectivity index (χ4v) is 4.41. The van der Waals surface area contributed by atoms with Crippen LogP contribution in [0.3, 0.4) is 0 Å². The lowest BCUT2D eigenvalue weighted by atomic mass is 9.99. The van der Waals surface area contributed by atoms with Crippen LogP contribution in [-0.2, 0) is 14.4 Å². The highest BCUT2D eigenvalue weighted by molar-refractivity contribution is 6.31. The van der Waals surface area contributed by atoms with Gasteiger partial charge < -0.3 is 31.3 Å². The number of carbonyl (C=O) groups excluding carboxylic acids is 4. The van der Waals surface area contributed by atoms with Gasteiger partial charge in [0.15, 0.2) is 0 Å². The summed E-state index contributed by atoms with van der Waals surface area (Å²) >= 11 is 6.12. The van der Waals surface area contributed by atoms with Crippen LogP contribution in [0.1, 0.15) is 31.4 Å². The number of halogens is 1. The third-order valence-electron chi connectivity index (χ3n) is 6.34. The van der Waals surface area contributed by atoms with Crippen LogP contribution in [0.5, 0.6) is 5.75 Å². The van der Waals surface area contributed by atoms with E-state index < -0.39 is 23.9 Å². The normalized spacial score (nSPS) is 13.9. The van der Waals surface area contributed by atoms with E-state index in [0.29, 0.717) is 33.3 Å². The number of nitrogens with zero attached hydrogens (tertiary/aromatic N) is 2. The topological polar surface area (TPSA) is 201 Å². The number of urea groups is 1. The molecule has 234 valence electrons. The van der Waals surface area contributed by atoms with Gasteiger partial charge >= 0.3 is 6.03 Å². The number of benzodiazepines with no additional fused rings is 1. The van der Waals surface area contributed by atoms with Crippen molar-refractivity contribution in [1.82, 2.24) is 26.6 Å². The molecule has 0 aromatic heterocycles. The first-order chi connectivity index (χ1) is 21.0. The third kappa shape index (κ3) is 9.52. The molecule has 0 radical (unpaired) electrons. The van der Waals surface area contributed by atoms with Crippen LogP contribution in [0, 0.1) is 10.8 Å². The Bertz CT molecular complexity index is 1450. The van der Waals surface area contributed by atoms with Gasteiger partial charge in [0.05, 0.1) is 31.5 Å². The zero-order valence-corrected chi connectivity index (χ0v) is 25.4. The number of hydrogen-bond acceptors (Lipinski definition) is 8. The molecule has 1 aliphatic heterocycles. The summed E-state index contributed by atoms with van der Waals surface area (Å²) in [5.74, 6) is -0.470. The molecule has 1 unspecified atom stereocenters. The molecule has 3 rings (SSSR count). The molecule has 0 saturated carbocycles. The first kappa shape index (κ1) is 33.5. The van der Waals surface area contributed by atoms with E-state index in [1.807, 2.05) is 0 Å². The number of hydrogen-bond donors (Lipinski definition) is 7. The lowest BCUT2D eigenvalue weighted by Gasteiger charge is -2.26. The minimum absolute atomic E-state index is 0.0437. The van der Waals surface area contributed by atoms with Gasteiger partial charge in [0.25, 0.3) is 0 Å². The fraction of sp³-hybridized carbons (Fsp3) is 0.345. The van der Waals surface area contributed by atoms with Crippen molar-refractivity contribution in [2.45, 2.75) is 26.3 Å². The second kappa shape index (κ2) is 16.0. The summed E-state index contributed by atoms with van der Waals surface area (Å²) in [7, 11) is 1.54. The van der Waals surface area contributed by atoms with E-state index in [-0.39, 0.29) is 56.7 Å². The standard InChI is InChI=1S/C29H36ClN9O5/c1-17(31)39-24-9-8-21(44-3)14-22(24)27(19-4-6-20(30)7-5-19)38-23(28(39)32)15-25(41)34-11-12-35-26(42)16-37-29(43)36-13-10-33-18(2)40/h4-9,14,23,31-32H,10-13,15-16H2,1-3H3,(H,33,40)(H,34,41)(H,35,42)(H2,36,37,43). The summed E-state index contributed by atoms with van der Waals surface area (Å²) in [5.41, 5.74) is 2.41. The van der Waals surface area contributed by atoms with Crippen LogP contribution in [0.15, 0.2) is 47.5 Å². The summed E-state index contributed by atoms with van der Waals surface area (Å²) in [5, 5.41) is 30.6. The molecule has 0 fully saturated rings. The lowest BCUT2D eigenvalue weighted by molar-refractivity contribution is -0.122. The number of amides is 5. The number of benzene rings is 2. The van der Waals surface area contributed by atoms with Gasteiger partial charge in [-0.1, -0.05) is 23.7 Å². The largest absolute Gasteiger partial charge is 0.497 e. The first-order valence-electron chi connectivity index (χ1n) is 13.8. The van der Waals surface area contributed by atoms with Gasteiger partial charge in [0.2, 0.25) is 17.7 Å². The summed E-state index contributed by atoms with van der Waals surface area (Å²) in [6, 6.07) is 10.8. The van der Waals surface area contributed by atoms with Crippen molar-refractivity contribution < 1.29 is 23.9 Å². The van der Waals surface area contributed by atoms with Crippen molar-refractivity contribution in [2.24, 2.45) is 4.99 Å². The van der Waals surface area contributed by atoms with Crippen LogP contribution in [0.2, 0.25) is 5.02 Å². The molecule has 0 aliphatic carbocycles. The van der Waals surface area contributed by atoms with Crippen LogP contribution in [0.4, 0.5) is 10.5 Å². The zero-order valence-electron chi connectivity index (χ0n) is 24.7. The van der Waals surface area contributed by atoms with Crippen molar-refractivity contribution in [2.75, 3.05) is 44.7 Å². The molecular weight excluding hydrogens is 590 g/mol. The zero-order chi connectivity index (χ0) is 32.2. The maximum atomic E-state index is 12.9. The van der Waals surface area contributed by atoms with Crippen LogP contribution < -0.4 is 36.2 Å². The molecule has 2 aromatic carbocycles. The Balaban J connectivity index is 1.63. The van der Waals surface area contributed by atoms with Crippen molar-refractivity contribution in [3.8, 4) is 5.75 Å². The Kier molecular flexibility index (Phi) is 12.2. The number of rotatable bonds is 12. The van der Waals surface area contributed by atoms with Gasteiger partial charge in [-0.25, -0.2) is 4.79 Å². The second-order valence-corrected chi connectivity index (χ2v) is 10.1. The Morgan fingerprint density at radius 1 is 0.909 bits per heavy atom. The Morgan fingerprint density at radius 2 is 1.55 bits per heavy atom. The van der Waals surface area contributed by atoms with Gasteiger partial charge in [0.1, 0.15) is 23.5 Å². The van der Waals surface area contributed by atoms with E-state index in [0.717, 1.165) is 0 Å². The average molecular weight is 626 g/mol. The lowest BCUT2D eigenvalue weighted by Crippen LogP contribution is -2.45. The van der Waals surface area contributed by atoms with Crippen LogP contribution in [-0.4, -0.2) is 87.0 Å². The number of amidine groups is 2. The summed E-state index contributed by atoms with van der Waals surface area (Å²) < 4.78 is 5.43.